The maximum Gasteiger partial charge on any atom is 0.322 e. The van der Waals surface area contributed by atoms with Gasteiger partial charge < -0.3 is 4.74 Å². The Bertz CT molecular complexity index is 322. The minimum Gasteiger partial charge on any atom is -0.468 e. The summed E-state index contributed by atoms with van der Waals surface area (Å²) in [5.41, 5.74) is 1.35. The number of aryl methyl sites for hydroxylation is 1. The summed E-state index contributed by atoms with van der Waals surface area (Å²) in [5.74, 6) is -0.218. The van der Waals surface area contributed by atoms with Crippen molar-refractivity contribution in [3.8, 4) is 0 Å². The van der Waals surface area contributed by atoms with E-state index in [9.17, 15) is 4.79 Å². The second-order valence-corrected chi connectivity index (χ2v) is 4.35. The quantitative estimate of drug-likeness (QED) is 0.781. The van der Waals surface area contributed by atoms with Gasteiger partial charge in [0.05, 0.1) is 7.11 Å². The third-order valence-corrected chi connectivity index (χ3v) is 3.31. The van der Waals surface area contributed by atoms with Crippen molar-refractivity contribution in [2.45, 2.75) is 32.9 Å². The molecule has 1 aromatic heterocycles. The average molecular weight is 227 g/mol. The Balaban J connectivity index is 2.46. The summed E-state index contributed by atoms with van der Waals surface area (Å²) in [6, 6.07) is 1.88. The molecule has 1 unspecified atom stereocenters. The summed E-state index contributed by atoms with van der Waals surface area (Å²) in [4.78, 5) is 12.4. The van der Waals surface area contributed by atoms with Gasteiger partial charge in [0.15, 0.2) is 0 Å². The fourth-order valence-electron chi connectivity index (χ4n) is 1.34. The van der Waals surface area contributed by atoms with Crippen LogP contribution in [0, 0.1) is 0 Å². The lowest BCUT2D eigenvalue weighted by molar-refractivity contribution is -0.142. The standard InChI is InChI=1S/C11H17NO2S/c1-4-9-5-6-15-10(9)7-12-8(2)11(13)14-3/h5-6,8,12H,4,7H2,1-3H3. The Hall–Kier alpha value is -0.870. The van der Waals surface area contributed by atoms with Crippen molar-refractivity contribution in [3.05, 3.63) is 21.9 Å². The number of ether oxygens (including phenoxy) is 1. The van der Waals surface area contributed by atoms with Gasteiger partial charge in [0.2, 0.25) is 0 Å². The molecule has 0 amide bonds. The van der Waals surface area contributed by atoms with Crippen molar-refractivity contribution in [2.75, 3.05) is 7.11 Å². The van der Waals surface area contributed by atoms with Crippen LogP contribution in [0.1, 0.15) is 24.3 Å². The summed E-state index contributed by atoms with van der Waals surface area (Å²) in [6.07, 6.45) is 1.03. The molecule has 1 aromatic rings. The number of hydrogen-bond donors (Lipinski definition) is 1. The van der Waals surface area contributed by atoms with Crippen LogP contribution in [-0.2, 0) is 22.5 Å². The first-order valence-corrected chi connectivity index (χ1v) is 5.93. The zero-order valence-electron chi connectivity index (χ0n) is 9.37. The zero-order chi connectivity index (χ0) is 11.3. The van der Waals surface area contributed by atoms with Gasteiger partial charge in [-0.2, -0.15) is 0 Å². The molecule has 1 N–H and O–H groups in total. The zero-order valence-corrected chi connectivity index (χ0v) is 10.2. The Morgan fingerprint density at radius 1 is 1.67 bits per heavy atom. The molecule has 0 bridgehead atoms. The largest absolute Gasteiger partial charge is 0.468 e. The first kappa shape index (κ1) is 12.2. The van der Waals surface area contributed by atoms with E-state index < -0.39 is 0 Å². The lowest BCUT2D eigenvalue weighted by Gasteiger charge is -2.11. The van der Waals surface area contributed by atoms with Crippen LogP contribution in [0.4, 0.5) is 0 Å². The van der Waals surface area contributed by atoms with Crippen molar-refractivity contribution in [1.29, 1.82) is 0 Å². The monoisotopic (exact) mass is 227 g/mol. The minimum atomic E-state index is -0.248. The molecule has 4 heteroatoms. The van der Waals surface area contributed by atoms with Gasteiger partial charge in [-0.25, -0.2) is 0 Å². The molecule has 0 aromatic carbocycles. The van der Waals surface area contributed by atoms with Gasteiger partial charge in [0, 0.05) is 11.4 Å². The molecule has 1 rings (SSSR count). The summed E-state index contributed by atoms with van der Waals surface area (Å²) in [7, 11) is 1.41. The van der Waals surface area contributed by atoms with E-state index in [1.165, 1.54) is 17.6 Å². The predicted octanol–water partition coefficient (Wildman–Crippen LogP) is 1.96. The third-order valence-electron chi connectivity index (χ3n) is 2.34. The molecule has 1 heterocycles. The maximum atomic E-state index is 11.1. The molecule has 15 heavy (non-hydrogen) atoms. The van der Waals surface area contributed by atoms with Crippen LogP contribution in [0.3, 0.4) is 0 Å². The minimum absolute atomic E-state index is 0.218. The number of rotatable bonds is 5. The first-order chi connectivity index (χ1) is 7.19. The third kappa shape index (κ3) is 3.32. The van der Waals surface area contributed by atoms with E-state index in [1.54, 1.807) is 11.3 Å². The molecule has 84 valence electrons. The van der Waals surface area contributed by atoms with Gasteiger partial charge in [-0.1, -0.05) is 6.92 Å². The van der Waals surface area contributed by atoms with E-state index >= 15 is 0 Å². The normalized spacial score (nSPS) is 12.5. The molecule has 1 atom stereocenters. The van der Waals surface area contributed by atoms with Crippen molar-refractivity contribution < 1.29 is 9.53 Å². The van der Waals surface area contributed by atoms with E-state index in [4.69, 9.17) is 0 Å². The summed E-state index contributed by atoms with van der Waals surface area (Å²) < 4.78 is 4.64. The molecule has 0 radical (unpaired) electrons. The van der Waals surface area contributed by atoms with E-state index in [0.717, 1.165) is 13.0 Å². The summed E-state index contributed by atoms with van der Waals surface area (Å²) in [6.45, 7) is 4.68. The smallest absolute Gasteiger partial charge is 0.322 e. The second kappa shape index (κ2) is 5.88. The number of thiophene rings is 1. The maximum absolute atomic E-state index is 11.1. The molecule has 0 saturated carbocycles. The highest BCUT2D eigenvalue weighted by Crippen LogP contribution is 2.17. The second-order valence-electron chi connectivity index (χ2n) is 3.35. The number of carbonyl (C=O) groups excluding carboxylic acids is 1. The Kier molecular flexibility index (Phi) is 4.78. The van der Waals surface area contributed by atoms with E-state index in [-0.39, 0.29) is 12.0 Å². The summed E-state index contributed by atoms with van der Waals surface area (Å²) in [5, 5.41) is 5.23. The van der Waals surface area contributed by atoms with Gasteiger partial charge in [0.1, 0.15) is 6.04 Å². The van der Waals surface area contributed by atoms with Crippen molar-refractivity contribution in [3.63, 3.8) is 0 Å². The molecule has 0 spiro atoms. The van der Waals surface area contributed by atoms with Crippen molar-refractivity contribution >= 4 is 17.3 Å². The highest BCUT2D eigenvalue weighted by Gasteiger charge is 2.12. The number of esters is 1. The fourth-order valence-corrected chi connectivity index (χ4v) is 2.27. The summed E-state index contributed by atoms with van der Waals surface area (Å²) >= 11 is 1.72. The molecular weight excluding hydrogens is 210 g/mol. The van der Waals surface area contributed by atoms with Gasteiger partial charge in [-0.3, -0.25) is 10.1 Å². The highest BCUT2D eigenvalue weighted by molar-refractivity contribution is 7.10. The van der Waals surface area contributed by atoms with E-state index in [0.29, 0.717) is 0 Å². The average Bonchev–Trinajstić information content (AvgIpc) is 2.71. The Labute approximate surface area is 94.5 Å². The number of carbonyl (C=O) groups is 1. The molecule has 0 saturated heterocycles. The number of methoxy groups -OCH3 is 1. The Morgan fingerprint density at radius 3 is 3.00 bits per heavy atom. The van der Waals surface area contributed by atoms with Crippen molar-refractivity contribution in [1.82, 2.24) is 5.32 Å². The number of nitrogens with one attached hydrogen (secondary N) is 1. The first-order valence-electron chi connectivity index (χ1n) is 5.05. The van der Waals surface area contributed by atoms with Crippen LogP contribution in [0.25, 0.3) is 0 Å². The van der Waals surface area contributed by atoms with Crippen LogP contribution >= 0.6 is 11.3 Å². The molecule has 0 aliphatic carbocycles. The van der Waals surface area contributed by atoms with Crippen LogP contribution < -0.4 is 5.32 Å². The van der Waals surface area contributed by atoms with Crippen LogP contribution in [0.15, 0.2) is 11.4 Å². The highest BCUT2D eigenvalue weighted by atomic mass is 32.1. The van der Waals surface area contributed by atoms with Gasteiger partial charge in [0.25, 0.3) is 0 Å². The topological polar surface area (TPSA) is 38.3 Å². The fraction of sp³-hybridized carbons (Fsp3) is 0.545. The predicted molar refractivity (Wildman–Crippen MR) is 62.0 cm³/mol. The lowest BCUT2D eigenvalue weighted by Crippen LogP contribution is -2.34. The molecular formula is C11H17NO2S. The SMILES string of the molecule is CCc1ccsc1CNC(C)C(=O)OC. The van der Waals surface area contributed by atoms with Gasteiger partial charge >= 0.3 is 5.97 Å². The molecule has 0 aliphatic heterocycles. The van der Waals surface area contributed by atoms with E-state index in [2.05, 4.69) is 28.4 Å². The van der Waals surface area contributed by atoms with Crippen molar-refractivity contribution in [2.24, 2.45) is 0 Å². The molecule has 3 nitrogen and oxygen atoms in total. The van der Waals surface area contributed by atoms with Gasteiger partial charge in [-0.05, 0) is 30.4 Å². The van der Waals surface area contributed by atoms with E-state index in [1.807, 2.05) is 6.92 Å². The van der Waals surface area contributed by atoms with Gasteiger partial charge in [-0.15, -0.1) is 11.3 Å². The van der Waals surface area contributed by atoms with Crippen LogP contribution in [-0.4, -0.2) is 19.1 Å². The lowest BCUT2D eigenvalue weighted by atomic mass is 10.2. The molecule has 0 aliphatic rings. The van der Waals surface area contributed by atoms with Crippen LogP contribution in [0.2, 0.25) is 0 Å². The number of hydrogen-bond acceptors (Lipinski definition) is 4. The molecule has 0 fully saturated rings. The van der Waals surface area contributed by atoms with Crippen LogP contribution in [0.5, 0.6) is 0 Å². The Morgan fingerprint density at radius 2 is 2.40 bits per heavy atom.